The van der Waals surface area contributed by atoms with Crippen molar-refractivity contribution in [2.45, 2.75) is 37.4 Å². The molecule has 2 fully saturated rings. The summed E-state index contributed by atoms with van der Waals surface area (Å²) in [6.07, 6.45) is 3.98. The summed E-state index contributed by atoms with van der Waals surface area (Å²) in [5.41, 5.74) is 4.26. The van der Waals surface area contributed by atoms with E-state index in [-0.39, 0.29) is 11.5 Å². The van der Waals surface area contributed by atoms with Gasteiger partial charge in [0.15, 0.2) is 0 Å². The van der Waals surface area contributed by atoms with Gasteiger partial charge in [-0.1, -0.05) is 78.9 Å². The zero-order chi connectivity index (χ0) is 21.0. The number of ether oxygens (including phenoxy) is 2. The highest BCUT2D eigenvalue weighted by atomic mass is 16.5. The molecule has 2 nitrogen and oxygen atoms in total. The Morgan fingerprint density at radius 1 is 0.710 bits per heavy atom. The summed E-state index contributed by atoms with van der Waals surface area (Å²) >= 11 is 0. The molecule has 0 aromatic heterocycles. The van der Waals surface area contributed by atoms with Gasteiger partial charge in [-0.25, -0.2) is 0 Å². The molecule has 0 radical (unpaired) electrons. The summed E-state index contributed by atoms with van der Waals surface area (Å²) in [7, 11) is 3.74. The molecule has 31 heavy (non-hydrogen) atoms. The van der Waals surface area contributed by atoms with E-state index in [0.29, 0.717) is 12.0 Å². The number of rotatable bonds is 4. The molecule has 2 aliphatic carbocycles. The smallest absolute Gasteiger partial charge is 0.0646 e. The van der Waals surface area contributed by atoms with Crippen LogP contribution >= 0.6 is 0 Å². The molecule has 2 aliphatic rings. The zero-order valence-corrected chi connectivity index (χ0v) is 18.2. The van der Waals surface area contributed by atoms with Crippen LogP contribution in [-0.4, -0.2) is 26.4 Å². The van der Waals surface area contributed by atoms with Gasteiger partial charge in [-0.3, -0.25) is 0 Å². The Morgan fingerprint density at radius 2 is 1.29 bits per heavy atom. The van der Waals surface area contributed by atoms with Crippen molar-refractivity contribution in [1.29, 1.82) is 0 Å². The van der Waals surface area contributed by atoms with E-state index >= 15 is 0 Å². The second kappa shape index (κ2) is 7.19. The first-order chi connectivity index (χ1) is 15.3. The van der Waals surface area contributed by atoms with E-state index in [1.54, 1.807) is 0 Å². The molecule has 2 saturated carbocycles. The minimum Gasteiger partial charge on any atom is -0.381 e. The number of benzene rings is 4. The maximum absolute atomic E-state index is 6.10. The summed E-state index contributed by atoms with van der Waals surface area (Å²) in [6.45, 7) is 0. The number of fused-ring (bicyclic) bond motifs is 2. The van der Waals surface area contributed by atoms with Crippen molar-refractivity contribution in [2.24, 2.45) is 5.41 Å². The Labute approximate surface area is 183 Å². The van der Waals surface area contributed by atoms with Gasteiger partial charge in [-0.15, -0.1) is 0 Å². The van der Waals surface area contributed by atoms with E-state index in [4.69, 9.17) is 9.47 Å². The van der Waals surface area contributed by atoms with E-state index in [2.05, 4.69) is 78.9 Å². The van der Waals surface area contributed by atoms with Gasteiger partial charge in [-0.2, -0.15) is 0 Å². The van der Waals surface area contributed by atoms with E-state index in [9.17, 15) is 0 Å². The monoisotopic (exact) mass is 408 g/mol. The van der Waals surface area contributed by atoms with Crippen LogP contribution in [-0.2, 0) is 9.47 Å². The van der Waals surface area contributed by atoms with E-state index in [1.165, 1.54) is 44.7 Å². The molecule has 0 amide bonds. The molecule has 0 heterocycles. The highest BCUT2D eigenvalue weighted by molar-refractivity contribution is 6.15. The second-order valence-electron chi connectivity index (χ2n) is 9.20. The molecule has 0 N–H and O–H groups in total. The lowest BCUT2D eigenvalue weighted by Gasteiger charge is -2.29. The quantitative estimate of drug-likeness (QED) is 0.340. The average molecular weight is 409 g/mol. The van der Waals surface area contributed by atoms with Crippen molar-refractivity contribution >= 4 is 21.5 Å². The van der Waals surface area contributed by atoms with Crippen molar-refractivity contribution in [3.63, 3.8) is 0 Å². The van der Waals surface area contributed by atoms with Crippen LogP contribution in [0.25, 0.3) is 32.7 Å². The lowest BCUT2D eigenvalue weighted by Crippen LogP contribution is -2.23. The highest BCUT2D eigenvalue weighted by Gasteiger charge is 2.65. The van der Waals surface area contributed by atoms with Gasteiger partial charge in [0.1, 0.15) is 0 Å². The maximum atomic E-state index is 6.10. The Hall–Kier alpha value is -2.68. The molecular formula is C29H28O2. The fourth-order valence-corrected chi connectivity index (χ4v) is 6.44. The van der Waals surface area contributed by atoms with Crippen LogP contribution < -0.4 is 0 Å². The van der Waals surface area contributed by atoms with Gasteiger partial charge in [0, 0.05) is 25.6 Å². The standard InChI is InChI=1S/C29H28O2/c1-30-24-16-17-29(18-25(29)31-2)28(24)27-22-14-8-6-12-20(22)26(19-10-4-3-5-11-19)21-13-7-9-15-23(21)27/h3-15,24-25,28H,16-18H2,1-2H3. The minimum atomic E-state index is 0.204. The number of hydrogen-bond acceptors (Lipinski definition) is 2. The van der Waals surface area contributed by atoms with Gasteiger partial charge in [0.2, 0.25) is 0 Å². The first-order valence-electron chi connectivity index (χ1n) is 11.3. The predicted molar refractivity (Wildman–Crippen MR) is 128 cm³/mol. The van der Waals surface area contributed by atoms with E-state index in [0.717, 1.165) is 12.8 Å². The molecule has 4 unspecified atom stereocenters. The van der Waals surface area contributed by atoms with Crippen LogP contribution in [0.2, 0.25) is 0 Å². The molecule has 0 aliphatic heterocycles. The van der Waals surface area contributed by atoms with Crippen LogP contribution in [0, 0.1) is 5.41 Å². The van der Waals surface area contributed by atoms with Crippen molar-refractivity contribution in [3.8, 4) is 11.1 Å². The third-order valence-corrected chi connectivity index (χ3v) is 7.87. The molecule has 156 valence electrons. The van der Waals surface area contributed by atoms with E-state index < -0.39 is 0 Å². The van der Waals surface area contributed by atoms with Crippen molar-refractivity contribution in [1.82, 2.24) is 0 Å². The van der Waals surface area contributed by atoms with E-state index in [1.807, 2.05) is 14.2 Å². The highest BCUT2D eigenvalue weighted by Crippen LogP contribution is 2.68. The van der Waals surface area contributed by atoms with Crippen molar-refractivity contribution < 1.29 is 9.47 Å². The molecule has 2 heteroatoms. The molecule has 1 spiro atoms. The summed E-state index contributed by atoms with van der Waals surface area (Å²) in [4.78, 5) is 0. The van der Waals surface area contributed by atoms with Crippen LogP contribution in [0.4, 0.5) is 0 Å². The lowest BCUT2D eigenvalue weighted by molar-refractivity contribution is 0.0752. The van der Waals surface area contributed by atoms with Crippen molar-refractivity contribution in [3.05, 3.63) is 84.4 Å². The Bertz CT molecular complexity index is 1200. The van der Waals surface area contributed by atoms with Crippen molar-refractivity contribution in [2.75, 3.05) is 14.2 Å². The van der Waals surface area contributed by atoms with Gasteiger partial charge >= 0.3 is 0 Å². The molecule has 6 rings (SSSR count). The topological polar surface area (TPSA) is 18.5 Å². The molecule has 4 aromatic carbocycles. The lowest BCUT2D eigenvalue weighted by atomic mass is 9.77. The first-order valence-corrected chi connectivity index (χ1v) is 11.3. The predicted octanol–water partition coefficient (Wildman–Crippen LogP) is 6.96. The summed E-state index contributed by atoms with van der Waals surface area (Å²) in [5, 5.41) is 5.37. The van der Waals surface area contributed by atoms with Crippen LogP contribution in [0.1, 0.15) is 30.7 Å². The molecule has 0 bridgehead atoms. The third kappa shape index (κ3) is 2.71. The minimum absolute atomic E-state index is 0.204. The second-order valence-corrected chi connectivity index (χ2v) is 9.20. The fraction of sp³-hybridized carbons (Fsp3) is 0.310. The Kier molecular flexibility index (Phi) is 4.41. The Balaban J connectivity index is 1.72. The van der Waals surface area contributed by atoms with Gasteiger partial charge in [0.25, 0.3) is 0 Å². The zero-order valence-electron chi connectivity index (χ0n) is 18.2. The molecule has 0 saturated heterocycles. The number of methoxy groups -OCH3 is 2. The summed E-state index contributed by atoms with van der Waals surface area (Å²) in [6, 6.07) is 28.7. The molecular weight excluding hydrogens is 380 g/mol. The Morgan fingerprint density at radius 3 is 1.84 bits per heavy atom. The van der Waals surface area contributed by atoms with Gasteiger partial charge < -0.3 is 9.47 Å². The summed E-state index contributed by atoms with van der Waals surface area (Å²) in [5.74, 6) is 0.349. The first kappa shape index (κ1) is 19.0. The van der Waals surface area contributed by atoms with Crippen LogP contribution in [0.5, 0.6) is 0 Å². The van der Waals surface area contributed by atoms with Gasteiger partial charge in [0.05, 0.1) is 12.2 Å². The number of hydrogen-bond donors (Lipinski definition) is 0. The van der Waals surface area contributed by atoms with Crippen LogP contribution in [0.3, 0.4) is 0 Å². The normalized spacial score (nSPS) is 27.4. The van der Waals surface area contributed by atoms with Crippen LogP contribution in [0.15, 0.2) is 78.9 Å². The summed E-state index contributed by atoms with van der Waals surface area (Å²) < 4.78 is 12.0. The molecule has 4 aromatic rings. The van der Waals surface area contributed by atoms with Gasteiger partial charge in [-0.05, 0) is 57.5 Å². The third-order valence-electron chi connectivity index (χ3n) is 7.87. The average Bonchev–Trinajstić information content (AvgIpc) is 3.43. The fourth-order valence-electron chi connectivity index (χ4n) is 6.44. The maximum Gasteiger partial charge on any atom is 0.0646 e. The molecule has 4 atom stereocenters. The SMILES string of the molecule is COC1CCC2(CC2OC)C1c1c2ccccc2c(-c2ccccc2)c2ccccc12. The largest absolute Gasteiger partial charge is 0.381 e.